The van der Waals surface area contributed by atoms with Crippen molar-refractivity contribution in [1.82, 2.24) is 9.80 Å². The van der Waals surface area contributed by atoms with Crippen molar-refractivity contribution in [2.45, 2.75) is 6.04 Å². The number of rotatable bonds is 2. The van der Waals surface area contributed by atoms with Gasteiger partial charge in [-0.1, -0.05) is 0 Å². The summed E-state index contributed by atoms with van der Waals surface area (Å²) in [6.45, 7) is 1.95. The van der Waals surface area contributed by atoms with Gasteiger partial charge >= 0.3 is 0 Å². The zero-order chi connectivity index (χ0) is 8.43. The van der Waals surface area contributed by atoms with Crippen LogP contribution < -0.4 is 5.73 Å². The Morgan fingerprint density at radius 1 is 1.64 bits per heavy atom. The SMILES string of the molecule is CN(C)CC(=O)N1CC(N)C1. The van der Waals surface area contributed by atoms with Crippen LogP contribution in [0.2, 0.25) is 0 Å². The van der Waals surface area contributed by atoms with Gasteiger partial charge in [0.05, 0.1) is 6.54 Å². The Hall–Kier alpha value is -0.610. The van der Waals surface area contributed by atoms with Gasteiger partial charge in [-0.25, -0.2) is 0 Å². The Bertz CT molecular complexity index is 152. The monoisotopic (exact) mass is 157 g/mol. The van der Waals surface area contributed by atoms with Crippen LogP contribution >= 0.6 is 0 Å². The highest BCUT2D eigenvalue weighted by Crippen LogP contribution is 2.04. The number of carbonyl (C=O) groups is 1. The molecule has 64 valence electrons. The molecule has 0 bridgehead atoms. The van der Waals surface area contributed by atoms with E-state index in [1.165, 1.54) is 0 Å². The molecule has 1 fully saturated rings. The molecule has 4 heteroatoms. The number of likely N-dealkylation sites (N-methyl/N-ethyl adjacent to an activating group) is 1. The summed E-state index contributed by atoms with van der Waals surface area (Å²) in [6, 6.07) is 0.209. The molecule has 1 rings (SSSR count). The lowest BCUT2D eigenvalue weighted by molar-refractivity contribution is -0.136. The number of hydrogen-bond donors (Lipinski definition) is 1. The van der Waals surface area contributed by atoms with Crippen molar-refractivity contribution in [2.24, 2.45) is 5.73 Å². The molecule has 4 nitrogen and oxygen atoms in total. The molecule has 0 unspecified atom stereocenters. The molecule has 0 saturated carbocycles. The maximum atomic E-state index is 11.2. The smallest absolute Gasteiger partial charge is 0.236 e. The lowest BCUT2D eigenvalue weighted by Gasteiger charge is -2.37. The lowest BCUT2D eigenvalue weighted by Crippen LogP contribution is -2.59. The van der Waals surface area contributed by atoms with Gasteiger partial charge in [0.2, 0.25) is 5.91 Å². The first-order chi connectivity index (χ1) is 5.09. The van der Waals surface area contributed by atoms with Gasteiger partial charge < -0.3 is 15.5 Å². The van der Waals surface area contributed by atoms with E-state index in [0.29, 0.717) is 6.54 Å². The van der Waals surface area contributed by atoms with Crippen LogP contribution in [0.4, 0.5) is 0 Å². The van der Waals surface area contributed by atoms with Crippen molar-refractivity contribution in [3.05, 3.63) is 0 Å². The number of nitrogens with two attached hydrogens (primary N) is 1. The fourth-order valence-electron chi connectivity index (χ4n) is 1.09. The number of amides is 1. The number of carbonyl (C=O) groups excluding carboxylic acids is 1. The predicted molar refractivity (Wildman–Crippen MR) is 43.1 cm³/mol. The normalized spacial score (nSPS) is 18.7. The van der Waals surface area contributed by atoms with E-state index < -0.39 is 0 Å². The zero-order valence-corrected chi connectivity index (χ0v) is 7.08. The Kier molecular flexibility index (Phi) is 2.46. The first kappa shape index (κ1) is 8.49. The van der Waals surface area contributed by atoms with Gasteiger partial charge in [0.25, 0.3) is 0 Å². The molecule has 11 heavy (non-hydrogen) atoms. The topological polar surface area (TPSA) is 49.6 Å². The maximum absolute atomic E-state index is 11.2. The first-order valence-corrected chi connectivity index (χ1v) is 3.77. The van der Waals surface area contributed by atoms with Crippen LogP contribution in [0.15, 0.2) is 0 Å². The highest BCUT2D eigenvalue weighted by molar-refractivity contribution is 5.79. The Balaban J connectivity index is 2.21. The van der Waals surface area contributed by atoms with Crippen molar-refractivity contribution in [2.75, 3.05) is 33.7 Å². The average molecular weight is 157 g/mol. The van der Waals surface area contributed by atoms with Crippen LogP contribution in [0, 0.1) is 0 Å². The zero-order valence-electron chi connectivity index (χ0n) is 7.08. The average Bonchev–Trinajstić information content (AvgIpc) is 1.79. The number of nitrogens with zero attached hydrogens (tertiary/aromatic N) is 2. The van der Waals surface area contributed by atoms with Gasteiger partial charge in [-0.15, -0.1) is 0 Å². The summed E-state index contributed by atoms with van der Waals surface area (Å²) in [7, 11) is 3.77. The molecule has 1 aliphatic heterocycles. The molecule has 1 aliphatic rings. The largest absolute Gasteiger partial charge is 0.338 e. The summed E-state index contributed by atoms with van der Waals surface area (Å²) in [5.74, 6) is 0.178. The van der Waals surface area contributed by atoms with Crippen molar-refractivity contribution >= 4 is 5.91 Å². The van der Waals surface area contributed by atoms with Crippen LogP contribution in [-0.4, -0.2) is 55.5 Å². The summed E-state index contributed by atoms with van der Waals surface area (Å²) in [5, 5.41) is 0. The van der Waals surface area contributed by atoms with E-state index in [4.69, 9.17) is 5.73 Å². The van der Waals surface area contributed by atoms with Crippen LogP contribution in [0.3, 0.4) is 0 Å². The fourth-order valence-corrected chi connectivity index (χ4v) is 1.09. The lowest BCUT2D eigenvalue weighted by atomic mass is 10.1. The molecule has 2 N–H and O–H groups in total. The minimum absolute atomic E-state index is 0.178. The second-order valence-electron chi connectivity index (χ2n) is 3.30. The Labute approximate surface area is 66.9 Å². The highest BCUT2D eigenvalue weighted by atomic mass is 16.2. The van der Waals surface area contributed by atoms with Gasteiger partial charge in [0.1, 0.15) is 0 Å². The molecule has 0 atom stereocenters. The van der Waals surface area contributed by atoms with E-state index in [0.717, 1.165) is 13.1 Å². The van der Waals surface area contributed by atoms with Crippen LogP contribution in [0.25, 0.3) is 0 Å². The Morgan fingerprint density at radius 3 is 2.55 bits per heavy atom. The van der Waals surface area contributed by atoms with Crippen LogP contribution in [-0.2, 0) is 4.79 Å². The molecule has 0 aromatic rings. The van der Waals surface area contributed by atoms with Crippen LogP contribution in [0.5, 0.6) is 0 Å². The quantitative estimate of drug-likeness (QED) is 0.543. The standard InChI is InChI=1S/C7H15N3O/c1-9(2)5-7(11)10-3-6(8)4-10/h6H,3-5,8H2,1-2H3. The molecule has 1 saturated heterocycles. The molecular weight excluding hydrogens is 142 g/mol. The number of hydrogen-bond acceptors (Lipinski definition) is 3. The molecule has 0 radical (unpaired) electrons. The van der Waals surface area contributed by atoms with Crippen molar-refractivity contribution in [3.63, 3.8) is 0 Å². The summed E-state index contributed by atoms with van der Waals surface area (Å²) in [6.07, 6.45) is 0. The van der Waals surface area contributed by atoms with E-state index in [2.05, 4.69) is 0 Å². The summed E-state index contributed by atoms with van der Waals surface area (Å²) in [5.41, 5.74) is 5.53. The molecular formula is C7H15N3O. The van der Waals surface area contributed by atoms with E-state index in [1.54, 1.807) is 4.90 Å². The molecule has 1 heterocycles. The summed E-state index contributed by atoms with van der Waals surface area (Å²) in [4.78, 5) is 14.9. The summed E-state index contributed by atoms with van der Waals surface area (Å²) >= 11 is 0. The molecule has 0 aromatic heterocycles. The first-order valence-electron chi connectivity index (χ1n) is 3.77. The Morgan fingerprint density at radius 2 is 2.18 bits per heavy atom. The second kappa shape index (κ2) is 3.19. The molecule has 0 spiro atoms. The highest BCUT2D eigenvalue weighted by Gasteiger charge is 2.27. The van der Waals surface area contributed by atoms with E-state index >= 15 is 0 Å². The maximum Gasteiger partial charge on any atom is 0.236 e. The molecule has 1 amide bonds. The van der Waals surface area contributed by atoms with Crippen LogP contribution in [0.1, 0.15) is 0 Å². The molecule has 0 aliphatic carbocycles. The van der Waals surface area contributed by atoms with Gasteiger partial charge in [0.15, 0.2) is 0 Å². The van der Waals surface area contributed by atoms with Gasteiger partial charge in [0, 0.05) is 19.1 Å². The van der Waals surface area contributed by atoms with E-state index in [1.807, 2.05) is 19.0 Å². The summed E-state index contributed by atoms with van der Waals surface area (Å²) < 4.78 is 0. The molecule has 0 aromatic carbocycles. The predicted octanol–water partition coefficient (Wildman–Crippen LogP) is -1.28. The van der Waals surface area contributed by atoms with Crippen molar-refractivity contribution < 1.29 is 4.79 Å². The third-order valence-electron chi connectivity index (χ3n) is 1.71. The van der Waals surface area contributed by atoms with Crippen molar-refractivity contribution in [3.8, 4) is 0 Å². The third-order valence-corrected chi connectivity index (χ3v) is 1.71. The van der Waals surface area contributed by atoms with E-state index in [-0.39, 0.29) is 11.9 Å². The minimum Gasteiger partial charge on any atom is -0.338 e. The third kappa shape index (κ3) is 2.17. The van der Waals surface area contributed by atoms with Gasteiger partial charge in [-0.2, -0.15) is 0 Å². The fraction of sp³-hybridized carbons (Fsp3) is 0.857. The van der Waals surface area contributed by atoms with Gasteiger partial charge in [-0.3, -0.25) is 4.79 Å². The van der Waals surface area contributed by atoms with Crippen molar-refractivity contribution in [1.29, 1.82) is 0 Å². The van der Waals surface area contributed by atoms with E-state index in [9.17, 15) is 4.79 Å². The van der Waals surface area contributed by atoms with Gasteiger partial charge in [-0.05, 0) is 14.1 Å². The second-order valence-corrected chi connectivity index (χ2v) is 3.30. The minimum atomic E-state index is 0.178. The number of likely N-dealkylation sites (tertiary alicyclic amines) is 1.